The van der Waals surface area contributed by atoms with Gasteiger partial charge < -0.3 is 64.2 Å². The molecule has 0 spiro atoms. The zero-order valence-corrected chi connectivity index (χ0v) is 39.3. The van der Waals surface area contributed by atoms with Gasteiger partial charge >= 0.3 is 5.97 Å². The van der Waals surface area contributed by atoms with Gasteiger partial charge in [-0.2, -0.15) is 12.6 Å². The molecular weight excluding hydrogens is 863 g/mol. The number of carboxylic acid groups (broad SMARTS) is 1. The Labute approximate surface area is 386 Å². The van der Waals surface area contributed by atoms with Crippen molar-refractivity contribution in [3.63, 3.8) is 0 Å². The Morgan fingerprint density at radius 2 is 1.28 bits per heavy atom. The van der Waals surface area contributed by atoms with Crippen LogP contribution in [0.3, 0.4) is 0 Å². The van der Waals surface area contributed by atoms with Crippen LogP contribution in [0.25, 0.3) is 0 Å². The summed E-state index contributed by atoms with van der Waals surface area (Å²) in [6.45, 7) is 11.9. The summed E-state index contributed by atoms with van der Waals surface area (Å²) in [7, 11) is 0. The molecule has 0 unspecified atom stereocenters. The Balaban J connectivity index is 2.31. The number of carbonyl (C=O) groups is 8. The van der Waals surface area contributed by atoms with E-state index in [2.05, 4.69) is 49.5 Å². The normalized spacial score (nSPS) is 17.4. The fraction of sp³-hybridized carbons (Fsp3) is 0.651. The molecule has 1 heterocycles. The second kappa shape index (κ2) is 27.1. The zero-order valence-electron chi connectivity index (χ0n) is 38.4. The first-order chi connectivity index (χ1) is 30.5. The van der Waals surface area contributed by atoms with E-state index < -0.39 is 114 Å². The molecule has 1 saturated heterocycles. The quantitative estimate of drug-likeness (QED) is 0.0213. The van der Waals surface area contributed by atoms with Gasteiger partial charge in [-0.25, -0.2) is 4.79 Å². The summed E-state index contributed by atoms with van der Waals surface area (Å²) in [5.74, 6) is -7.70. The second-order valence-corrected chi connectivity index (χ2v) is 17.8. The number of guanidine groups is 1. The van der Waals surface area contributed by atoms with E-state index in [1.54, 1.807) is 58.0 Å². The Bertz CT molecular complexity index is 1810. The number of aliphatic hydroxyl groups is 1. The third kappa shape index (κ3) is 18.1. The highest BCUT2D eigenvalue weighted by Crippen LogP contribution is 2.20. The summed E-state index contributed by atoms with van der Waals surface area (Å²) in [6.07, 6.45) is -0.326. The summed E-state index contributed by atoms with van der Waals surface area (Å²) in [5.41, 5.74) is 17.5. The molecule has 14 N–H and O–H groups in total. The fourth-order valence-electron chi connectivity index (χ4n) is 7.14. The van der Waals surface area contributed by atoms with Gasteiger partial charge in [0, 0.05) is 25.3 Å². The van der Waals surface area contributed by atoms with Gasteiger partial charge in [-0.3, -0.25) is 38.6 Å². The molecule has 0 aliphatic carbocycles. The molecule has 21 nitrogen and oxygen atoms in total. The number of nitrogens with one attached hydrogen (secondary N) is 6. The second-order valence-electron chi connectivity index (χ2n) is 17.5. The number of likely N-dealkylation sites (tertiary alicyclic amines) is 1. The number of thiol groups is 1. The summed E-state index contributed by atoms with van der Waals surface area (Å²) in [5, 5.41) is 36.0. The maximum Gasteiger partial charge on any atom is 0.326 e. The molecule has 1 aliphatic rings. The highest BCUT2D eigenvalue weighted by molar-refractivity contribution is 7.80. The molecule has 9 atom stereocenters. The van der Waals surface area contributed by atoms with Gasteiger partial charge in [0.25, 0.3) is 0 Å². The predicted molar refractivity (Wildman–Crippen MR) is 247 cm³/mol. The van der Waals surface area contributed by atoms with Crippen LogP contribution in [-0.2, 0) is 44.8 Å². The van der Waals surface area contributed by atoms with Crippen molar-refractivity contribution < 1.29 is 48.6 Å². The van der Waals surface area contributed by atoms with Crippen LogP contribution in [0.1, 0.15) is 86.1 Å². The van der Waals surface area contributed by atoms with E-state index in [1.165, 1.54) is 11.8 Å². The van der Waals surface area contributed by atoms with Crippen LogP contribution in [0.2, 0.25) is 0 Å². The van der Waals surface area contributed by atoms with Crippen LogP contribution in [0.5, 0.6) is 0 Å². The van der Waals surface area contributed by atoms with E-state index in [-0.39, 0.29) is 49.9 Å². The van der Waals surface area contributed by atoms with E-state index in [0.717, 1.165) is 0 Å². The fourth-order valence-corrected chi connectivity index (χ4v) is 7.29. The topological polar surface area (TPSA) is 343 Å². The molecule has 1 fully saturated rings. The summed E-state index contributed by atoms with van der Waals surface area (Å²) in [4.78, 5) is 113. The van der Waals surface area contributed by atoms with E-state index in [0.29, 0.717) is 24.9 Å². The minimum Gasteiger partial charge on any atom is -0.480 e. The molecule has 7 amide bonds. The van der Waals surface area contributed by atoms with Crippen molar-refractivity contribution in [3.8, 4) is 0 Å². The Kier molecular flexibility index (Phi) is 23.2. The van der Waals surface area contributed by atoms with Gasteiger partial charge in [-0.1, -0.05) is 71.9 Å². The lowest BCUT2D eigenvalue weighted by atomic mass is 9.98. The van der Waals surface area contributed by atoms with Gasteiger partial charge in [0.2, 0.25) is 41.4 Å². The van der Waals surface area contributed by atoms with Crippen molar-refractivity contribution in [1.29, 1.82) is 0 Å². The number of aliphatic hydroxyl groups excluding tert-OH is 1. The number of nitrogens with two attached hydrogens (primary N) is 3. The molecule has 0 bridgehead atoms. The zero-order chi connectivity index (χ0) is 49.1. The molecule has 1 aromatic carbocycles. The van der Waals surface area contributed by atoms with Gasteiger partial charge in [0.05, 0.1) is 12.1 Å². The van der Waals surface area contributed by atoms with Crippen molar-refractivity contribution in [2.75, 3.05) is 18.8 Å². The van der Waals surface area contributed by atoms with Crippen molar-refractivity contribution in [2.24, 2.45) is 39.9 Å². The standard InChI is InChI=1S/C43H71N11O10S/c1-22(2)19-29(36(57)51-33(24(5)6)39(60)53-34(25(7)55)40(61)50-30(42(63)64)20-26-13-9-8-10-14-26)49-35(56)28(15-11-17-47-43(45)46)48-38(59)32(23(3)4)52-37(58)31-16-12-18-54(31)41(62)27(44)21-65/h8-10,13-14,22-25,27-34,55,65H,11-12,15-21,44H2,1-7H3,(H,48,59)(H,49,56)(H,50,61)(H,51,57)(H,52,58)(H,53,60)(H,63,64)(H4,45,46,47)/t25-,27+,28+,29+,30+,31+,32+,33+,34+/m1/s1. The molecule has 22 heteroatoms. The van der Waals surface area contributed by atoms with Crippen LogP contribution in [0.4, 0.5) is 0 Å². The highest BCUT2D eigenvalue weighted by Gasteiger charge is 2.39. The van der Waals surface area contributed by atoms with E-state index >= 15 is 0 Å². The van der Waals surface area contributed by atoms with Crippen LogP contribution < -0.4 is 49.1 Å². The number of benzene rings is 1. The molecule has 2 rings (SSSR count). The van der Waals surface area contributed by atoms with Crippen molar-refractivity contribution >= 4 is 65.9 Å². The monoisotopic (exact) mass is 934 g/mol. The molecule has 364 valence electrons. The van der Waals surface area contributed by atoms with E-state index in [4.69, 9.17) is 17.2 Å². The number of amides is 7. The van der Waals surface area contributed by atoms with Crippen LogP contribution in [0, 0.1) is 17.8 Å². The lowest BCUT2D eigenvalue weighted by Crippen LogP contribution is -2.62. The Morgan fingerprint density at radius 1 is 0.754 bits per heavy atom. The number of hydrogen-bond acceptors (Lipinski definition) is 12. The lowest BCUT2D eigenvalue weighted by molar-refractivity contribution is -0.143. The van der Waals surface area contributed by atoms with E-state index in [1.807, 2.05) is 13.8 Å². The molecule has 0 aromatic heterocycles. The van der Waals surface area contributed by atoms with Crippen molar-refractivity contribution in [2.45, 2.75) is 141 Å². The highest BCUT2D eigenvalue weighted by atomic mass is 32.1. The summed E-state index contributed by atoms with van der Waals surface area (Å²) >= 11 is 4.10. The average Bonchev–Trinajstić information content (AvgIpc) is 3.73. The number of carboxylic acids is 1. The SMILES string of the molecule is CC(C)C[C@H](NC(=O)[C@H](CCCN=C(N)N)NC(=O)[C@@H](NC(=O)[C@@H]1CCCN1C(=O)[C@@H](N)CS)C(C)C)C(=O)N[C@H](C(=O)N[C@H](C(=O)N[C@@H](Cc1ccccc1)C(=O)O)[C@@H](C)O)C(C)C. The van der Waals surface area contributed by atoms with Gasteiger partial charge in [0.15, 0.2) is 5.96 Å². The van der Waals surface area contributed by atoms with Crippen LogP contribution in [-0.4, -0.2) is 142 Å². The van der Waals surface area contributed by atoms with Gasteiger partial charge in [-0.05, 0) is 62.3 Å². The minimum atomic E-state index is -1.61. The average molecular weight is 934 g/mol. The van der Waals surface area contributed by atoms with Crippen molar-refractivity contribution in [3.05, 3.63) is 35.9 Å². The number of aliphatic imine (C=N–C) groups is 1. The van der Waals surface area contributed by atoms with Crippen LogP contribution >= 0.6 is 12.6 Å². The lowest BCUT2D eigenvalue weighted by Gasteiger charge is -2.31. The minimum absolute atomic E-state index is 0.00353. The maximum absolute atomic E-state index is 14.1. The largest absolute Gasteiger partial charge is 0.480 e. The first-order valence-corrected chi connectivity index (χ1v) is 22.6. The van der Waals surface area contributed by atoms with Gasteiger partial charge in [0.1, 0.15) is 42.3 Å². The number of carbonyl (C=O) groups excluding carboxylic acids is 7. The smallest absolute Gasteiger partial charge is 0.326 e. The predicted octanol–water partition coefficient (Wildman–Crippen LogP) is -1.74. The maximum atomic E-state index is 14.1. The van der Waals surface area contributed by atoms with Gasteiger partial charge in [-0.15, -0.1) is 0 Å². The first-order valence-electron chi connectivity index (χ1n) is 22.0. The Hall–Kier alpha value is -5.48. The Morgan fingerprint density at radius 3 is 1.82 bits per heavy atom. The van der Waals surface area contributed by atoms with Crippen LogP contribution in [0.15, 0.2) is 35.3 Å². The first kappa shape index (κ1) is 55.7. The molecule has 0 saturated carbocycles. The molecular formula is C43H71N11O10S. The number of hydrogen-bond donors (Lipinski definition) is 12. The number of nitrogens with zero attached hydrogens (tertiary/aromatic N) is 2. The molecule has 1 aromatic rings. The molecule has 65 heavy (non-hydrogen) atoms. The van der Waals surface area contributed by atoms with E-state index in [9.17, 15) is 48.6 Å². The molecule has 0 radical (unpaired) electrons. The molecule has 1 aliphatic heterocycles. The van der Waals surface area contributed by atoms with Crippen molar-refractivity contribution in [1.82, 2.24) is 36.8 Å². The summed E-state index contributed by atoms with van der Waals surface area (Å²) in [6, 6.07) is -1.14. The third-order valence-electron chi connectivity index (χ3n) is 10.7. The third-order valence-corrected chi connectivity index (χ3v) is 11.1. The number of rotatable bonds is 26. The number of aliphatic carboxylic acids is 1. The summed E-state index contributed by atoms with van der Waals surface area (Å²) < 4.78 is 0.